The fourth-order valence-electron chi connectivity index (χ4n) is 4.21. The van der Waals surface area contributed by atoms with Gasteiger partial charge >= 0.3 is 6.16 Å². The predicted octanol–water partition coefficient (Wildman–Crippen LogP) is -1.10. The molecular weight excluding hydrogens is 532 g/mol. The highest BCUT2D eigenvalue weighted by Gasteiger charge is 2.53. The normalized spacial score (nSPS) is 13.6. The van der Waals surface area contributed by atoms with Crippen LogP contribution in [0.3, 0.4) is 0 Å². The highest BCUT2D eigenvalue weighted by atomic mass is 16.7. The van der Waals surface area contributed by atoms with Crippen LogP contribution in [0.5, 0.6) is 11.5 Å². The van der Waals surface area contributed by atoms with Crippen LogP contribution in [0, 0.1) is 0 Å². The standard InChI is InChI=1S/C25H30N4O11/c1-28(2)24(35,36)22(31,32)13-11-26-15-7-5-9-17(19(13)15)39-21(30)40-18-10-6-8-16-20(18)14(12-27-16)23(33,34)25(37,38)29(3)4/h5-12,26-27,31-38H,1-4H3. The van der Waals surface area contributed by atoms with Crippen LogP contribution in [-0.2, 0) is 11.6 Å². The van der Waals surface area contributed by atoms with Crippen LogP contribution in [0.1, 0.15) is 11.1 Å². The number of hydrogen-bond donors (Lipinski definition) is 10. The number of hydrogen-bond acceptors (Lipinski definition) is 13. The second-order valence-corrected chi connectivity index (χ2v) is 9.62. The summed E-state index contributed by atoms with van der Waals surface area (Å²) < 4.78 is 10.7. The maximum absolute atomic E-state index is 12.9. The van der Waals surface area contributed by atoms with Crippen LogP contribution in [0.4, 0.5) is 4.79 Å². The Morgan fingerprint density at radius 3 is 1.32 bits per heavy atom. The quantitative estimate of drug-likeness (QED) is 0.0698. The smallest absolute Gasteiger partial charge is 0.394 e. The molecule has 0 atom stereocenters. The number of rotatable bonds is 8. The van der Waals surface area contributed by atoms with Gasteiger partial charge in [-0.3, -0.25) is 9.80 Å². The molecule has 15 nitrogen and oxygen atoms in total. The maximum atomic E-state index is 12.9. The van der Waals surface area contributed by atoms with Crippen molar-refractivity contribution >= 4 is 28.0 Å². The summed E-state index contributed by atoms with van der Waals surface area (Å²) in [7, 11) is 4.79. The summed E-state index contributed by atoms with van der Waals surface area (Å²) in [6, 6.07) is 8.54. The van der Waals surface area contributed by atoms with E-state index < -0.39 is 40.7 Å². The number of likely N-dealkylation sites (N-methyl/N-ethyl adjacent to an activating group) is 2. The SMILES string of the molecule is CN(C)C(O)(O)C(O)(O)c1c[nH]c2cccc(OC(=O)Oc3cccc4[nH]cc(C(O)(O)C(O)(O)N(C)C)c34)c12. The van der Waals surface area contributed by atoms with Gasteiger partial charge in [0.25, 0.3) is 23.4 Å². The molecule has 15 heteroatoms. The molecular formula is C25H30N4O11. The number of carbonyl (C=O) groups is 1. The minimum atomic E-state index is -3.26. The molecule has 0 bridgehead atoms. The number of nitrogens with zero attached hydrogens (tertiary/aromatic N) is 2. The van der Waals surface area contributed by atoms with Gasteiger partial charge in [-0.05, 0) is 52.5 Å². The van der Waals surface area contributed by atoms with Crippen molar-refractivity contribution in [3.05, 3.63) is 59.9 Å². The molecule has 0 unspecified atom stereocenters. The van der Waals surface area contributed by atoms with Gasteiger partial charge in [-0.1, -0.05) is 12.1 Å². The van der Waals surface area contributed by atoms with E-state index in [-0.39, 0.29) is 33.3 Å². The molecule has 0 radical (unpaired) electrons. The van der Waals surface area contributed by atoms with E-state index in [2.05, 4.69) is 9.97 Å². The zero-order valence-electron chi connectivity index (χ0n) is 21.8. The number of aliphatic hydroxyl groups is 8. The number of fused-ring (bicyclic) bond motifs is 2. The molecule has 0 aliphatic carbocycles. The topological polar surface area (TPSA) is 235 Å². The first-order chi connectivity index (χ1) is 18.4. The first-order valence-corrected chi connectivity index (χ1v) is 11.7. The Morgan fingerprint density at radius 2 is 1.00 bits per heavy atom. The molecule has 0 saturated carbocycles. The van der Waals surface area contributed by atoms with Gasteiger partial charge in [0, 0.05) is 34.6 Å². The molecule has 2 aromatic carbocycles. The molecule has 0 aliphatic rings. The van der Waals surface area contributed by atoms with Crippen molar-refractivity contribution in [3.63, 3.8) is 0 Å². The van der Waals surface area contributed by atoms with Gasteiger partial charge in [-0.25, -0.2) is 4.79 Å². The Bertz CT molecular complexity index is 1440. The number of H-pyrrole nitrogens is 2. The average molecular weight is 563 g/mol. The third kappa shape index (κ3) is 4.49. The lowest BCUT2D eigenvalue weighted by Gasteiger charge is -2.39. The van der Waals surface area contributed by atoms with Gasteiger partial charge in [-0.15, -0.1) is 0 Å². The molecule has 40 heavy (non-hydrogen) atoms. The van der Waals surface area contributed by atoms with Crippen LogP contribution in [0.2, 0.25) is 0 Å². The van der Waals surface area contributed by atoms with Gasteiger partial charge in [0.2, 0.25) is 0 Å². The van der Waals surface area contributed by atoms with E-state index in [4.69, 9.17) is 9.47 Å². The van der Waals surface area contributed by atoms with Crippen LogP contribution in [0.25, 0.3) is 21.8 Å². The molecule has 0 saturated heterocycles. The van der Waals surface area contributed by atoms with Crippen molar-refractivity contribution in [1.82, 2.24) is 19.8 Å². The third-order valence-corrected chi connectivity index (χ3v) is 6.66. The zero-order chi connectivity index (χ0) is 29.8. The molecule has 0 fully saturated rings. The minimum Gasteiger partial charge on any atom is -0.394 e. The number of aromatic nitrogens is 2. The Balaban J connectivity index is 1.73. The lowest BCUT2D eigenvalue weighted by Crippen LogP contribution is -2.60. The summed E-state index contributed by atoms with van der Waals surface area (Å²) in [5.41, 5.74) is -0.381. The lowest BCUT2D eigenvalue weighted by molar-refractivity contribution is -0.413. The second kappa shape index (κ2) is 9.79. The largest absolute Gasteiger partial charge is 0.519 e. The number of nitrogens with one attached hydrogen (secondary N) is 2. The van der Waals surface area contributed by atoms with Crippen LogP contribution < -0.4 is 9.47 Å². The fraction of sp³-hybridized carbons (Fsp3) is 0.320. The van der Waals surface area contributed by atoms with Crippen molar-refractivity contribution in [2.45, 2.75) is 23.4 Å². The molecule has 2 heterocycles. The van der Waals surface area contributed by atoms with E-state index in [1.165, 1.54) is 64.6 Å². The summed E-state index contributed by atoms with van der Waals surface area (Å²) in [5, 5.41) is 84.0. The van der Waals surface area contributed by atoms with Gasteiger partial charge in [0.05, 0.1) is 10.8 Å². The van der Waals surface area contributed by atoms with Crippen molar-refractivity contribution in [3.8, 4) is 11.5 Å². The fourth-order valence-corrected chi connectivity index (χ4v) is 4.21. The molecule has 0 amide bonds. The van der Waals surface area contributed by atoms with E-state index >= 15 is 0 Å². The van der Waals surface area contributed by atoms with Crippen molar-refractivity contribution in [1.29, 1.82) is 0 Å². The minimum absolute atomic E-state index is 0.0830. The molecule has 4 aromatic rings. The summed E-state index contributed by atoms with van der Waals surface area (Å²) in [6.07, 6.45) is 0.855. The van der Waals surface area contributed by atoms with Gasteiger partial charge < -0.3 is 60.3 Å². The Hall–Kier alpha value is -3.61. The highest BCUT2D eigenvalue weighted by Crippen LogP contribution is 2.41. The second-order valence-electron chi connectivity index (χ2n) is 9.62. The molecule has 4 rings (SSSR count). The summed E-state index contributed by atoms with van der Waals surface area (Å²) in [6.45, 7) is 0. The van der Waals surface area contributed by atoms with E-state index in [1.807, 2.05) is 0 Å². The molecule has 2 aromatic heterocycles. The van der Waals surface area contributed by atoms with E-state index in [1.54, 1.807) is 0 Å². The van der Waals surface area contributed by atoms with Gasteiger partial charge in [-0.2, -0.15) is 0 Å². The first kappa shape index (κ1) is 29.4. The third-order valence-electron chi connectivity index (χ3n) is 6.66. The number of carbonyl (C=O) groups excluding carboxylic acids is 1. The van der Waals surface area contributed by atoms with Crippen LogP contribution in [-0.4, -0.2) is 107 Å². The monoisotopic (exact) mass is 562 g/mol. The van der Waals surface area contributed by atoms with Crippen molar-refractivity contribution in [2.75, 3.05) is 28.2 Å². The van der Waals surface area contributed by atoms with E-state index in [0.717, 1.165) is 22.2 Å². The highest BCUT2D eigenvalue weighted by molar-refractivity contribution is 5.93. The molecule has 0 aliphatic heterocycles. The van der Waals surface area contributed by atoms with Gasteiger partial charge in [0.15, 0.2) is 0 Å². The zero-order valence-corrected chi connectivity index (χ0v) is 21.8. The molecule has 216 valence electrons. The molecule has 10 N–H and O–H groups in total. The van der Waals surface area contributed by atoms with E-state index in [9.17, 15) is 45.6 Å². The predicted molar refractivity (Wildman–Crippen MR) is 137 cm³/mol. The van der Waals surface area contributed by atoms with Crippen molar-refractivity contribution in [2.24, 2.45) is 0 Å². The number of aromatic amines is 2. The summed E-state index contributed by atoms with van der Waals surface area (Å²) in [4.78, 5) is 19.9. The maximum Gasteiger partial charge on any atom is 0.519 e. The number of ether oxygens (including phenoxy) is 2. The van der Waals surface area contributed by atoms with Crippen molar-refractivity contribution < 1.29 is 55.1 Å². The summed E-state index contributed by atoms with van der Waals surface area (Å²) >= 11 is 0. The lowest BCUT2D eigenvalue weighted by atomic mass is 10.00. The summed E-state index contributed by atoms with van der Waals surface area (Å²) in [5.74, 6) is -13.3. The Kier molecular flexibility index (Phi) is 7.19. The number of benzene rings is 2. The Morgan fingerprint density at radius 1 is 0.650 bits per heavy atom. The van der Waals surface area contributed by atoms with Gasteiger partial charge in [0.1, 0.15) is 11.5 Å². The average Bonchev–Trinajstić information content (AvgIpc) is 3.50. The molecule has 0 spiro atoms. The Labute approximate surface area is 226 Å². The van der Waals surface area contributed by atoms with Crippen LogP contribution in [0.15, 0.2) is 48.8 Å². The first-order valence-electron chi connectivity index (χ1n) is 11.7. The van der Waals surface area contributed by atoms with Crippen LogP contribution >= 0.6 is 0 Å². The van der Waals surface area contributed by atoms with E-state index in [0.29, 0.717) is 0 Å².